The molecule has 1 N–H and O–H groups in total. The molecule has 0 aliphatic heterocycles. The summed E-state index contributed by atoms with van der Waals surface area (Å²) in [5.41, 5.74) is 1.62. The van der Waals surface area contributed by atoms with Gasteiger partial charge in [-0.1, -0.05) is 0 Å². The molecular formula is C17H15NO6. The Morgan fingerprint density at radius 2 is 1.75 bits per heavy atom. The highest BCUT2D eigenvalue weighted by Crippen LogP contribution is 2.40. The molecule has 24 heavy (non-hydrogen) atoms. The molecule has 0 atom stereocenters. The number of aromatic amines is 1. The number of aryl methyl sites for hydroxylation is 2. The highest BCUT2D eigenvalue weighted by atomic mass is 16.6. The lowest BCUT2D eigenvalue weighted by Crippen LogP contribution is -2.09. The normalized spacial score (nSPS) is 11.0. The number of nitrogens with one attached hydrogen (secondary N) is 1. The van der Waals surface area contributed by atoms with E-state index in [1.54, 1.807) is 19.9 Å². The maximum atomic E-state index is 12.3. The zero-order valence-corrected chi connectivity index (χ0v) is 13.6. The smallest absolute Gasteiger partial charge is 0.308 e. The van der Waals surface area contributed by atoms with E-state index in [0.717, 1.165) is 0 Å². The van der Waals surface area contributed by atoms with Gasteiger partial charge in [-0.15, -0.1) is 0 Å². The van der Waals surface area contributed by atoms with E-state index in [-0.39, 0.29) is 17.1 Å². The second kappa shape index (κ2) is 5.52. The van der Waals surface area contributed by atoms with Crippen molar-refractivity contribution in [3.63, 3.8) is 0 Å². The summed E-state index contributed by atoms with van der Waals surface area (Å²) in [5.74, 6) is -0.974. The number of fused-ring (bicyclic) bond motifs is 3. The maximum Gasteiger partial charge on any atom is 0.308 e. The van der Waals surface area contributed by atoms with Crippen LogP contribution in [0.3, 0.4) is 0 Å². The summed E-state index contributed by atoms with van der Waals surface area (Å²) < 4.78 is 16.1. The van der Waals surface area contributed by atoms with Crippen molar-refractivity contribution < 1.29 is 23.5 Å². The Labute approximate surface area is 136 Å². The minimum atomic E-state index is -0.570. The molecule has 2 aromatic heterocycles. The molecule has 0 bridgehead atoms. The highest BCUT2D eigenvalue weighted by molar-refractivity contribution is 6.07. The lowest BCUT2D eigenvalue weighted by molar-refractivity contribution is -0.134. The Kier molecular flexibility index (Phi) is 3.63. The number of hydrogen-bond donors (Lipinski definition) is 1. The predicted molar refractivity (Wildman–Crippen MR) is 86.4 cm³/mol. The minimum Gasteiger partial charge on any atom is -0.455 e. The summed E-state index contributed by atoms with van der Waals surface area (Å²) in [6.45, 7) is 5.89. The van der Waals surface area contributed by atoms with Crippen LogP contribution in [-0.2, 0) is 9.59 Å². The summed E-state index contributed by atoms with van der Waals surface area (Å²) in [5, 5.41) is 0.831. The van der Waals surface area contributed by atoms with Gasteiger partial charge in [0.25, 0.3) is 5.56 Å². The molecule has 0 spiro atoms. The summed E-state index contributed by atoms with van der Waals surface area (Å²) in [7, 11) is 0. The molecule has 0 radical (unpaired) electrons. The van der Waals surface area contributed by atoms with Crippen LogP contribution in [-0.4, -0.2) is 16.9 Å². The molecule has 7 nitrogen and oxygen atoms in total. The number of carbonyl (C=O) groups is 2. The van der Waals surface area contributed by atoms with Crippen molar-refractivity contribution in [2.75, 3.05) is 0 Å². The summed E-state index contributed by atoms with van der Waals surface area (Å²) in [4.78, 5) is 37.7. The van der Waals surface area contributed by atoms with Crippen LogP contribution in [0.4, 0.5) is 0 Å². The van der Waals surface area contributed by atoms with Crippen LogP contribution in [0.5, 0.6) is 11.5 Å². The molecule has 0 saturated heterocycles. The van der Waals surface area contributed by atoms with E-state index in [1.807, 2.05) is 0 Å². The zero-order valence-electron chi connectivity index (χ0n) is 13.6. The third-order valence-corrected chi connectivity index (χ3v) is 3.54. The second-order valence-electron chi connectivity index (χ2n) is 5.52. The fourth-order valence-corrected chi connectivity index (χ4v) is 2.67. The van der Waals surface area contributed by atoms with Crippen LogP contribution < -0.4 is 15.0 Å². The lowest BCUT2D eigenvalue weighted by atomic mass is 10.1. The van der Waals surface area contributed by atoms with E-state index in [4.69, 9.17) is 13.9 Å². The van der Waals surface area contributed by atoms with Crippen molar-refractivity contribution >= 4 is 33.9 Å². The molecule has 0 fully saturated rings. The van der Waals surface area contributed by atoms with E-state index in [9.17, 15) is 14.4 Å². The third kappa shape index (κ3) is 2.54. The minimum absolute atomic E-state index is 0.0605. The maximum absolute atomic E-state index is 12.3. The molecule has 3 aromatic rings. The van der Waals surface area contributed by atoms with Gasteiger partial charge in [0.1, 0.15) is 11.2 Å². The van der Waals surface area contributed by atoms with Crippen molar-refractivity contribution in [1.29, 1.82) is 0 Å². The van der Waals surface area contributed by atoms with Crippen molar-refractivity contribution in [1.82, 2.24) is 4.98 Å². The average Bonchev–Trinajstić information content (AvgIpc) is 2.80. The Bertz CT molecular complexity index is 1060. The van der Waals surface area contributed by atoms with Crippen LogP contribution in [0.15, 0.2) is 21.3 Å². The molecule has 1 aromatic carbocycles. The van der Waals surface area contributed by atoms with Gasteiger partial charge in [-0.25, -0.2) is 0 Å². The van der Waals surface area contributed by atoms with Gasteiger partial charge in [0.05, 0.1) is 5.39 Å². The number of hydrogen-bond acceptors (Lipinski definition) is 6. The number of benzene rings is 1. The fraction of sp³-hybridized carbons (Fsp3) is 0.235. The first-order valence-corrected chi connectivity index (χ1v) is 7.24. The fourth-order valence-electron chi connectivity index (χ4n) is 2.67. The summed E-state index contributed by atoms with van der Waals surface area (Å²) in [6.07, 6.45) is 0. The summed E-state index contributed by atoms with van der Waals surface area (Å²) >= 11 is 0. The number of furan rings is 1. The van der Waals surface area contributed by atoms with Gasteiger partial charge < -0.3 is 18.9 Å². The Morgan fingerprint density at radius 3 is 2.38 bits per heavy atom. The topological polar surface area (TPSA) is 98.6 Å². The standard InChI is InChI=1S/C17H15NO6/c1-7-5-12-14(17(21)18-7)11-6-13(22-9(3)19)16(23-10(4)20)8(2)15(11)24-12/h5-6H,1-4H3,(H,18,21). The molecule has 0 unspecified atom stereocenters. The first-order valence-electron chi connectivity index (χ1n) is 7.24. The van der Waals surface area contributed by atoms with Gasteiger partial charge in [-0.2, -0.15) is 0 Å². The molecule has 0 aliphatic rings. The van der Waals surface area contributed by atoms with Gasteiger partial charge in [-0.3, -0.25) is 14.4 Å². The van der Waals surface area contributed by atoms with Gasteiger partial charge >= 0.3 is 11.9 Å². The van der Waals surface area contributed by atoms with Crippen LogP contribution in [0, 0.1) is 13.8 Å². The predicted octanol–water partition coefficient (Wildman–Crippen LogP) is 2.74. The van der Waals surface area contributed by atoms with E-state index in [1.165, 1.54) is 19.9 Å². The number of H-pyrrole nitrogens is 1. The monoisotopic (exact) mass is 329 g/mol. The first kappa shape index (κ1) is 15.8. The number of esters is 2. The van der Waals surface area contributed by atoms with Crippen molar-refractivity contribution in [2.24, 2.45) is 0 Å². The van der Waals surface area contributed by atoms with Gasteiger partial charge in [0.15, 0.2) is 11.5 Å². The summed E-state index contributed by atoms with van der Waals surface area (Å²) in [6, 6.07) is 3.17. The first-order chi connectivity index (χ1) is 11.3. The van der Waals surface area contributed by atoms with Gasteiger partial charge in [0.2, 0.25) is 0 Å². The van der Waals surface area contributed by atoms with Crippen LogP contribution in [0.25, 0.3) is 21.9 Å². The second-order valence-corrected chi connectivity index (χ2v) is 5.52. The largest absolute Gasteiger partial charge is 0.455 e. The van der Waals surface area contributed by atoms with Crippen LogP contribution in [0.1, 0.15) is 25.1 Å². The van der Waals surface area contributed by atoms with Crippen molar-refractivity contribution in [3.05, 3.63) is 33.7 Å². The van der Waals surface area contributed by atoms with Gasteiger partial charge in [0, 0.05) is 36.6 Å². The molecule has 3 rings (SSSR count). The molecular weight excluding hydrogens is 314 g/mol. The number of carbonyl (C=O) groups excluding carboxylic acids is 2. The highest BCUT2D eigenvalue weighted by Gasteiger charge is 2.22. The average molecular weight is 329 g/mol. The van der Waals surface area contributed by atoms with Crippen LogP contribution in [0.2, 0.25) is 0 Å². The lowest BCUT2D eigenvalue weighted by Gasteiger charge is -2.11. The molecule has 7 heteroatoms. The SMILES string of the molecule is CC(=O)Oc1cc2c(oc3cc(C)[nH]c(=O)c32)c(C)c1OC(C)=O. The number of rotatable bonds is 2. The van der Waals surface area contributed by atoms with E-state index >= 15 is 0 Å². The van der Waals surface area contributed by atoms with Crippen molar-refractivity contribution in [3.8, 4) is 11.5 Å². The number of ether oxygens (including phenoxy) is 2. The van der Waals surface area contributed by atoms with Crippen LogP contribution >= 0.6 is 0 Å². The van der Waals surface area contributed by atoms with E-state index < -0.39 is 11.9 Å². The van der Waals surface area contributed by atoms with E-state index in [0.29, 0.717) is 33.2 Å². The Morgan fingerprint density at radius 1 is 1.08 bits per heavy atom. The van der Waals surface area contributed by atoms with Gasteiger partial charge in [-0.05, 0) is 19.9 Å². The zero-order chi connectivity index (χ0) is 17.6. The molecule has 2 heterocycles. The van der Waals surface area contributed by atoms with E-state index in [2.05, 4.69) is 4.98 Å². The number of aromatic nitrogens is 1. The Balaban J connectivity index is 2.43. The molecule has 0 saturated carbocycles. The Hall–Kier alpha value is -3.09. The molecule has 124 valence electrons. The molecule has 0 aliphatic carbocycles. The quantitative estimate of drug-likeness (QED) is 0.573. The van der Waals surface area contributed by atoms with Crippen molar-refractivity contribution in [2.45, 2.75) is 27.7 Å². The number of pyridine rings is 1. The third-order valence-electron chi connectivity index (χ3n) is 3.54. The molecule has 0 amide bonds.